The lowest BCUT2D eigenvalue weighted by atomic mass is 10.1. The molecule has 0 bridgehead atoms. The van der Waals surface area contributed by atoms with E-state index in [1.807, 2.05) is 12.4 Å². The van der Waals surface area contributed by atoms with Crippen molar-refractivity contribution in [3.05, 3.63) is 57.0 Å². The number of nitrogens with one attached hydrogen (secondary N) is 2. The van der Waals surface area contributed by atoms with E-state index in [1.165, 1.54) is 17.2 Å². The molecule has 23 heavy (non-hydrogen) atoms. The fraction of sp³-hybridized carbons (Fsp3) is 0.412. The van der Waals surface area contributed by atoms with Crippen LogP contribution in [0.4, 0.5) is 0 Å². The number of H-pyrrole nitrogens is 1. The zero-order valence-corrected chi connectivity index (χ0v) is 12.8. The van der Waals surface area contributed by atoms with E-state index in [9.17, 15) is 9.59 Å². The summed E-state index contributed by atoms with van der Waals surface area (Å²) < 4.78 is 0. The van der Waals surface area contributed by atoms with Gasteiger partial charge in [0, 0.05) is 30.9 Å². The third kappa shape index (κ3) is 2.88. The number of aromatic amines is 1. The smallest absolute Gasteiger partial charge is 0.270 e. The van der Waals surface area contributed by atoms with Crippen molar-refractivity contribution in [2.24, 2.45) is 0 Å². The van der Waals surface area contributed by atoms with E-state index in [0.717, 1.165) is 37.7 Å². The zero-order valence-electron chi connectivity index (χ0n) is 12.8. The summed E-state index contributed by atoms with van der Waals surface area (Å²) in [6.45, 7) is 0.419. The Morgan fingerprint density at radius 3 is 3.00 bits per heavy atom. The van der Waals surface area contributed by atoms with Crippen LogP contribution in [0.2, 0.25) is 0 Å². The molecule has 1 amide bonds. The van der Waals surface area contributed by atoms with Gasteiger partial charge in [0.05, 0.1) is 0 Å². The number of fused-ring (bicyclic) bond motifs is 1. The lowest BCUT2D eigenvalue weighted by molar-refractivity contribution is 0.0945. The molecule has 0 spiro atoms. The fourth-order valence-corrected chi connectivity index (χ4v) is 3.13. The van der Waals surface area contributed by atoms with Gasteiger partial charge in [-0.1, -0.05) is 0 Å². The van der Waals surface area contributed by atoms with E-state index in [2.05, 4.69) is 20.3 Å². The van der Waals surface area contributed by atoms with Gasteiger partial charge in [-0.25, -0.2) is 4.98 Å². The molecule has 2 N–H and O–H groups in total. The van der Waals surface area contributed by atoms with Crippen molar-refractivity contribution in [3.8, 4) is 0 Å². The molecule has 0 aromatic carbocycles. The van der Waals surface area contributed by atoms with Gasteiger partial charge in [0.25, 0.3) is 11.5 Å². The van der Waals surface area contributed by atoms with Crippen molar-refractivity contribution >= 4 is 5.91 Å². The second-order valence-electron chi connectivity index (χ2n) is 6.26. The Bertz CT molecular complexity index is 824. The van der Waals surface area contributed by atoms with Crippen LogP contribution >= 0.6 is 0 Å². The van der Waals surface area contributed by atoms with Crippen molar-refractivity contribution in [3.63, 3.8) is 0 Å². The summed E-state index contributed by atoms with van der Waals surface area (Å²) in [7, 11) is 0. The molecule has 0 unspecified atom stereocenters. The number of pyridine rings is 1. The minimum atomic E-state index is -0.311. The summed E-state index contributed by atoms with van der Waals surface area (Å²) in [5.74, 6) is 0.621. The van der Waals surface area contributed by atoms with E-state index in [4.69, 9.17) is 0 Å². The van der Waals surface area contributed by atoms with Crippen LogP contribution in [0.1, 0.15) is 58.2 Å². The zero-order chi connectivity index (χ0) is 15.8. The van der Waals surface area contributed by atoms with Gasteiger partial charge in [-0.3, -0.25) is 14.6 Å². The average molecular weight is 310 g/mol. The third-order valence-electron chi connectivity index (χ3n) is 4.50. The Morgan fingerprint density at radius 1 is 1.30 bits per heavy atom. The molecule has 2 aromatic rings. The Morgan fingerprint density at radius 2 is 2.17 bits per heavy atom. The van der Waals surface area contributed by atoms with Crippen LogP contribution in [-0.4, -0.2) is 20.9 Å². The van der Waals surface area contributed by atoms with Crippen LogP contribution in [0.3, 0.4) is 0 Å². The molecule has 0 aliphatic heterocycles. The first-order valence-corrected chi connectivity index (χ1v) is 8.05. The Labute approximate surface area is 133 Å². The Hall–Kier alpha value is -2.50. The number of rotatable bonds is 4. The minimum absolute atomic E-state index is 0.191. The first-order chi connectivity index (χ1) is 11.2. The third-order valence-corrected chi connectivity index (χ3v) is 4.50. The SMILES string of the molecule is O=C(NCc1cncc2c1CCC2)c1cc(=O)[nH]c(C2CC2)n1. The number of hydrogen-bond donors (Lipinski definition) is 2. The van der Waals surface area contributed by atoms with Gasteiger partial charge in [-0.2, -0.15) is 0 Å². The van der Waals surface area contributed by atoms with Gasteiger partial charge in [0.1, 0.15) is 11.5 Å². The number of amides is 1. The van der Waals surface area contributed by atoms with Crippen molar-refractivity contribution in [1.29, 1.82) is 0 Å². The normalized spacial score (nSPS) is 16.2. The molecule has 1 fully saturated rings. The molecule has 2 heterocycles. The van der Waals surface area contributed by atoms with Gasteiger partial charge in [-0.05, 0) is 48.8 Å². The summed E-state index contributed by atoms with van der Waals surface area (Å²) in [5, 5.41) is 2.86. The van der Waals surface area contributed by atoms with E-state index in [-0.39, 0.29) is 17.2 Å². The molecule has 6 nitrogen and oxygen atoms in total. The monoisotopic (exact) mass is 310 g/mol. The number of aromatic nitrogens is 3. The highest BCUT2D eigenvalue weighted by molar-refractivity contribution is 5.92. The molecule has 0 radical (unpaired) electrons. The molecular formula is C17H18N4O2. The highest BCUT2D eigenvalue weighted by Gasteiger charge is 2.27. The van der Waals surface area contributed by atoms with Crippen LogP contribution in [0.15, 0.2) is 23.3 Å². The van der Waals surface area contributed by atoms with Crippen molar-refractivity contribution in [1.82, 2.24) is 20.3 Å². The van der Waals surface area contributed by atoms with Crippen LogP contribution in [0.5, 0.6) is 0 Å². The van der Waals surface area contributed by atoms with Gasteiger partial charge in [0.2, 0.25) is 0 Å². The quantitative estimate of drug-likeness (QED) is 0.895. The maximum Gasteiger partial charge on any atom is 0.270 e. The molecule has 2 aromatic heterocycles. The van der Waals surface area contributed by atoms with Gasteiger partial charge in [-0.15, -0.1) is 0 Å². The second-order valence-corrected chi connectivity index (χ2v) is 6.26. The molecule has 118 valence electrons. The van der Waals surface area contributed by atoms with Crippen molar-refractivity contribution < 1.29 is 4.79 Å². The number of aryl methyl sites for hydroxylation is 1. The molecule has 0 atom stereocenters. The van der Waals surface area contributed by atoms with Crippen LogP contribution < -0.4 is 10.9 Å². The van der Waals surface area contributed by atoms with Crippen LogP contribution in [0, 0.1) is 0 Å². The van der Waals surface area contributed by atoms with Gasteiger partial charge in [0.15, 0.2) is 0 Å². The topological polar surface area (TPSA) is 87.7 Å². The summed E-state index contributed by atoms with van der Waals surface area (Å²) in [6, 6.07) is 1.26. The molecular weight excluding hydrogens is 292 g/mol. The van der Waals surface area contributed by atoms with Gasteiger partial charge >= 0.3 is 0 Å². The summed E-state index contributed by atoms with van der Waals surface area (Å²) in [5.41, 5.74) is 3.56. The first-order valence-electron chi connectivity index (χ1n) is 8.05. The molecule has 6 heteroatoms. The predicted molar refractivity (Wildman–Crippen MR) is 84.3 cm³/mol. The standard InChI is InChI=1S/C17H18N4O2/c22-15-6-14(20-16(21-15)10-4-5-10)17(23)19-9-12-8-18-7-11-2-1-3-13(11)12/h6-8,10H,1-5,9H2,(H,19,23)(H,20,21,22). The Balaban J connectivity index is 1.50. The number of carbonyl (C=O) groups is 1. The molecule has 4 rings (SSSR count). The molecule has 1 saturated carbocycles. The van der Waals surface area contributed by atoms with E-state index >= 15 is 0 Å². The van der Waals surface area contributed by atoms with E-state index < -0.39 is 0 Å². The molecule has 0 saturated heterocycles. The Kier molecular flexibility index (Phi) is 3.44. The summed E-state index contributed by atoms with van der Waals surface area (Å²) >= 11 is 0. The summed E-state index contributed by atoms with van der Waals surface area (Å²) in [4.78, 5) is 35.3. The fourth-order valence-electron chi connectivity index (χ4n) is 3.13. The van der Waals surface area contributed by atoms with E-state index in [0.29, 0.717) is 18.3 Å². The minimum Gasteiger partial charge on any atom is -0.347 e. The van der Waals surface area contributed by atoms with Crippen molar-refractivity contribution in [2.45, 2.75) is 44.6 Å². The maximum atomic E-state index is 12.3. The lowest BCUT2D eigenvalue weighted by Gasteiger charge is -2.09. The number of hydrogen-bond acceptors (Lipinski definition) is 4. The molecule has 2 aliphatic rings. The largest absolute Gasteiger partial charge is 0.347 e. The second kappa shape index (κ2) is 5.61. The lowest BCUT2D eigenvalue weighted by Crippen LogP contribution is -2.27. The van der Waals surface area contributed by atoms with E-state index in [1.54, 1.807) is 0 Å². The predicted octanol–water partition coefficient (Wildman–Crippen LogP) is 1.46. The number of carbonyl (C=O) groups excluding carboxylic acids is 1. The number of nitrogens with zero attached hydrogens (tertiary/aromatic N) is 2. The van der Waals surface area contributed by atoms with Crippen LogP contribution in [0.25, 0.3) is 0 Å². The van der Waals surface area contributed by atoms with Gasteiger partial charge < -0.3 is 10.3 Å². The highest BCUT2D eigenvalue weighted by atomic mass is 16.2. The summed E-state index contributed by atoms with van der Waals surface area (Å²) in [6.07, 6.45) is 9.01. The average Bonchev–Trinajstić information content (AvgIpc) is 3.29. The highest BCUT2D eigenvalue weighted by Crippen LogP contribution is 2.37. The maximum absolute atomic E-state index is 12.3. The first kappa shape index (κ1) is 14.1. The van der Waals surface area contributed by atoms with Crippen LogP contribution in [-0.2, 0) is 19.4 Å². The molecule has 2 aliphatic carbocycles. The van der Waals surface area contributed by atoms with Crippen molar-refractivity contribution in [2.75, 3.05) is 0 Å².